The minimum Gasteiger partial charge on any atom is -0.399 e. The molecule has 2 aliphatic heterocycles. The van der Waals surface area contributed by atoms with Crippen molar-refractivity contribution in [3.05, 3.63) is 24.4 Å². The molecule has 1 aromatic heterocycles. The molecule has 4 rings (SSSR count). The number of piperidine rings is 1. The molecule has 0 radical (unpaired) electrons. The molecule has 0 unspecified atom stereocenters. The molecule has 2 atom stereocenters. The highest BCUT2D eigenvalue weighted by Gasteiger charge is 2.51. The van der Waals surface area contributed by atoms with Gasteiger partial charge in [0.15, 0.2) is 0 Å². The first-order valence-corrected chi connectivity index (χ1v) is 9.68. The molecule has 2 aromatic rings. The Bertz CT molecular complexity index is 790. The minimum absolute atomic E-state index is 0.325. The van der Waals surface area contributed by atoms with Crippen molar-refractivity contribution in [1.82, 2.24) is 14.7 Å². The maximum absolute atomic E-state index is 6.19. The topological polar surface area (TPSA) is 39.5 Å². The van der Waals surface area contributed by atoms with E-state index in [0.717, 1.165) is 17.5 Å². The summed E-state index contributed by atoms with van der Waals surface area (Å²) in [7, 11) is 1.86. The summed E-state index contributed by atoms with van der Waals surface area (Å²) in [6, 6.07) is 6.79. The number of likely N-dealkylation sites (N-methyl/N-ethyl adjacent to an activating group) is 1. The number of hydrogen-bond acceptors (Lipinski definition) is 4. The van der Waals surface area contributed by atoms with Crippen LogP contribution in [-0.4, -0.2) is 53.1 Å². The van der Waals surface area contributed by atoms with Gasteiger partial charge in [0.05, 0.1) is 22.8 Å². The van der Waals surface area contributed by atoms with E-state index in [2.05, 4.69) is 75.6 Å². The lowest BCUT2D eigenvalue weighted by Crippen LogP contribution is -2.41. The molecule has 140 valence electrons. The Morgan fingerprint density at radius 3 is 2.46 bits per heavy atom. The Hall–Kier alpha value is -1.37. The van der Waals surface area contributed by atoms with Crippen LogP contribution in [0.3, 0.4) is 0 Å². The minimum atomic E-state index is -0.338. The molecule has 6 heteroatoms. The summed E-state index contributed by atoms with van der Waals surface area (Å²) >= 11 is 0. The zero-order valence-corrected chi connectivity index (χ0v) is 16.8. The van der Waals surface area contributed by atoms with Crippen molar-refractivity contribution in [1.29, 1.82) is 0 Å². The summed E-state index contributed by atoms with van der Waals surface area (Å²) in [5, 5.41) is 6.06. The second kappa shape index (κ2) is 6.08. The molecule has 0 N–H and O–H groups in total. The smallest absolute Gasteiger partial charge is 0.399 e. The van der Waals surface area contributed by atoms with Gasteiger partial charge in [-0.2, -0.15) is 5.10 Å². The average Bonchev–Trinajstić information content (AvgIpc) is 3.04. The number of aromatic nitrogens is 2. The normalized spacial score (nSPS) is 28.8. The van der Waals surface area contributed by atoms with E-state index in [1.54, 1.807) is 0 Å². The Morgan fingerprint density at radius 2 is 1.81 bits per heavy atom. The maximum Gasteiger partial charge on any atom is 0.494 e. The van der Waals surface area contributed by atoms with Crippen LogP contribution >= 0.6 is 0 Å². The van der Waals surface area contributed by atoms with E-state index in [1.165, 1.54) is 18.4 Å². The first kappa shape index (κ1) is 18.0. The van der Waals surface area contributed by atoms with Crippen LogP contribution in [-0.2, 0) is 9.31 Å². The van der Waals surface area contributed by atoms with Gasteiger partial charge in [-0.25, -0.2) is 0 Å². The molecular formula is C20H30BN3O2. The number of nitrogens with zero attached hydrogens (tertiary/aromatic N) is 3. The van der Waals surface area contributed by atoms with E-state index >= 15 is 0 Å². The van der Waals surface area contributed by atoms with Gasteiger partial charge in [-0.05, 0) is 58.6 Å². The van der Waals surface area contributed by atoms with E-state index < -0.39 is 0 Å². The third kappa shape index (κ3) is 3.08. The maximum atomic E-state index is 6.19. The molecule has 0 saturated carbocycles. The summed E-state index contributed by atoms with van der Waals surface area (Å²) in [6.45, 7) is 12.9. The first-order valence-electron chi connectivity index (χ1n) is 9.68. The van der Waals surface area contributed by atoms with Crippen LogP contribution in [0.5, 0.6) is 0 Å². The number of hydrogen-bond donors (Lipinski definition) is 0. The Kier molecular flexibility index (Phi) is 4.21. The van der Waals surface area contributed by atoms with Crippen molar-refractivity contribution in [3.8, 4) is 0 Å². The fourth-order valence-electron chi connectivity index (χ4n) is 4.14. The molecule has 0 aliphatic carbocycles. The number of fused-ring (bicyclic) bond motifs is 1. The lowest BCUT2D eigenvalue weighted by molar-refractivity contribution is 0.00578. The van der Waals surface area contributed by atoms with Gasteiger partial charge in [-0.1, -0.05) is 19.1 Å². The average molecular weight is 355 g/mol. The summed E-state index contributed by atoms with van der Waals surface area (Å²) in [5.74, 6) is 0.700. The van der Waals surface area contributed by atoms with Gasteiger partial charge >= 0.3 is 7.12 Å². The molecule has 5 nitrogen and oxygen atoms in total. The predicted molar refractivity (Wildman–Crippen MR) is 106 cm³/mol. The highest BCUT2D eigenvalue weighted by atomic mass is 16.7. The number of likely N-dealkylation sites (tertiary alicyclic amines) is 1. The molecule has 26 heavy (non-hydrogen) atoms. The van der Waals surface area contributed by atoms with Crippen LogP contribution in [0.4, 0.5) is 0 Å². The molecule has 0 spiro atoms. The van der Waals surface area contributed by atoms with E-state index in [1.807, 2.05) is 0 Å². The molecule has 3 heterocycles. The quantitative estimate of drug-likeness (QED) is 0.777. The molecule has 0 amide bonds. The van der Waals surface area contributed by atoms with Crippen LogP contribution in [0.15, 0.2) is 24.4 Å². The Labute approximate surface area is 156 Å². The van der Waals surface area contributed by atoms with Crippen LogP contribution in [0.25, 0.3) is 10.9 Å². The fourth-order valence-corrected chi connectivity index (χ4v) is 4.14. The summed E-state index contributed by atoms with van der Waals surface area (Å²) in [6.07, 6.45) is 3.36. The summed E-state index contributed by atoms with van der Waals surface area (Å²) in [5.41, 5.74) is 1.40. The lowest BCUT2D eigenvalue weighted by atomic mass is 9.79. The van der Waals surface area contributed by atoms with Crippen molar-refractivity contribution in [2.45, 2.75) is 58.3 Å². The van der Waals surface area contributed by atoms with Gasteiger partial charge < -0.3 is 14.2 Å². The van der Waals surface area contributed by atoms with Gasteiger partial charge in [0.25, 0.3) is 0 Å². The zero-order valence-electron chi connectivity index (χ0n) is 16.8. The van der Waals surface area contributed by atoms with E-state index in [9.17, 15) is 0 Å². The molecular weight excluding hydrogens is 325 g/mol. The van der Waals surface area contributed by atoms with Crippen molar-refractivity contribution in [2.75, 3.05) is 20.1 Å². The SMILES string of the molecule is C[C@@H]1C[C@@H](n2cc3ccc(B4OC(C)(C)C(C)(C)O4)cc3n2)CN(C)C1. The Balaban J connectivity index is 1.61. The molecule has 1 aromatic carbocycles. The standard InChI is InChI=1S/C20H30BN3O2/c1-14-9-17(13-23(6)11-14)24-12-15-7-8-16(10-18(15)22-24)21-25-19(2,3)20(4,5)26-21/h7-8,10,12,14,17H,9,11,13H2,1-6H3/t14-,17-/m1/s1. The highest BCUT2D eigenvalue weighted by molar-refractivity contribution is 6.62. The molecule has 0 bridgehead atoms. The van der Waals surface area contributed by atoms with Crippen molar-refractivity contribution in [3.63, 3.8) is 0 Å². The van der Waals surface area contributed by atoms with Gasteiger partial charge in [0.1, 0.15) is 0 Å². The second-order valence-corrected chi connectivity index (χ2v) is 9.23. The van der Waals surface area contributed by atoms with Crippen LogP contribution < -0.4 is 5.46 Å². The number of rotatable bonds is 2. The van der Waals surface area contributed by atoms with E-state index in [4.69, 9.17) is 14.4 Å². The van der Waals surface area contributed by atoms with Crippen molar-refractivity contribution < 1.29 is 9.31 Å². The summed E-state index contributed by atoms with van der Waals surface area (Å²) in [4.78, 5) is 2.40. The van der Waals surface area contributed by atoms with E-state index in [0.29, 0.717) is 12.0 Å². The van der Waals surface area contributed by atoms with Crippen LogP contribution in [0, 0.1) is 5.92 Å². The van der Waals surface area contributed by atoms with Gasteiger partial charge in [0.2, 0.25) is 0 Å². The highest BCUT2D eigenvalue weighted by Crippen LogP contribution is 2.36. The van der Waals surface area contributed by atoms with Crippen molar-refractivity contribution >= 4 is 23.5 Å². The monoisotopic (exact) mass is 355 g/mol. The molecule has 2 saturated heterocycles. The number of benzene rings is 1. The first-order chi connectivity index (χ1) is 12.1. The summed E-state index contributed by atoms with van der Waals surface area (Å²) < 4.78 is 14.5. The molecule has 2 aliphatic rings. The predicted octanol–water partition coefficient (Wildman–Crippen LogP) is 2.85. The van der Waals surface area contributed by atoms with Crippen LogP contribution in [0.2, 0.25) is 0 Å². The third-order valence-corrected chi connectivity index (χ3v) is 6.27. The zero-order chi connectivity index (χ0) is 18.7. The Morgan fingerprint density at radius 1 is 1.12 bits per heavy atom. The van der Waals surface area contributed by atoms with Crippen LogP contribution in [0.1, 0.15) is 47.1 Å². The second-order valence-electron chi connectivity index (χ2n) is 9.23. The third-order valence-electron chi connectivity index (χ3n) is 6.27. The van der Waals surface area contributed by atoms with E-state index in [-0.39, 0.29) is 18.3 Å². The van der Waals surface area contributed by atoms with Gasteiger partial charge in [-0.15, -0.1) is 0 Å². The van der Waals surface area contributed by atoms with Gasteiger partial charge in [0, 0.05) is 24.7 Å². The largest absolute Gasteiger partial charge is 0.494 e. The van der Waals surface area contributed by atoms with Gasteiger partial charge in [-0.3, -0.25) is 4.68 Å². The van der Waals surface area contributed by atoms with Crippen molar-refractivity contribution in [2.24, 2.45) is 5.92 Å². The molecule has 2 fully saturated rings. The lowest BCUT2D eigenvalue weighted by Gasteiger charge is -2.34. The fraction of sp³-hybridized carbons (Fsp3) is 0.650.